The summed E-state index contributed by atoms with van der Waals surface area (Å²) in [5.74, 6) is -2.57. The lowest BCUT2D eigenvalue weighted by Crippen LogP contribution is -2.53. The van der Waals surface area contributed by atoms with Crippen LogP contribution in [0.3, 0.4) is 0 Å². The second kappa shape index (κ2) is 9.20. The SMILES string of the molecule is COc1c(C(N)=O)ccc(F)c1-c1ccc(N(C[C@]2(c3ncccc3F)C[C@@H](F)C2)C(=O)O)nn1. The molecule has 1 saturated carbocycles. The van der Waals surface area contributed by atoms with Gasteiger partial charge in [-0.3, -0.25) is 14.7 Å². The fraction of sp³-hybridized carbons (Fsp3) is 0.261. The van der Waals surface area contributed by atoms with E-state index in [4.69, 9.17) is 10.5 Å². The van der Waals surface area contributed by atoms with Crippen LogP contribution in [-0.2, 0) is 5.41 Å². The first kappa shape index (κ1) is 23.9. The molecule has 1 aromatic carbocycles. The van der Waals surface area contributed by atoms with Crippen LogP contribution in [0.1, 0.15) is 28.9 Å². The number of primary amides is 1. The molecule has 2 amide bonds. The second-order valence-electron chi connectivity index (χ2n) is 8.13. The molecule has 1 aliphatic carbocycles. The zero-order valence-electron chi connectivity index (χ0n) is 18.4. The highest BCUT2D eigenvalue weighted by atomic mass is 19.1. The van der Waals surface area contributed by atoms with Gasteiger partial charge in [0.2, 0.25) is 0 Å². The van der Waals surface area contributed by atoms with E-state index in [1.807, 2.05) is 0 Å². The van der Waals surface area contributed by atoms with Crippen molar-refractivity contribution in [1.82, 2.24) is 15.2 Å². The maximum Gasteiger partial charge on any atom is 0.413 e. The van der Waals surface area contributed by atoms with Crippen molar-refractivity contribution in [2.45, 2.75) is 24.4 Å². The molecular weight excluding hydrogens is 467 g/mol. The quantitative estimate of drug-likeness (QED) is 0.522. The molecule has 0 bridgehead atoms. The number of carboxylic acid groups (broad SMARTS) is 1. The normalized spacial score (nSPS) is 19.0. The van der Waals surface area contributed by atoms with E-state index in [9.17, 15) is 27.9 Å². The van der Waals surface area contributed by atoms with E-state index in [0.717, 1.165) is 11.0 Å². The molecule has 0 atom stereocenters. The Morgan fingerprint density at radius 1 is 1.17 bits per heavy atom. The molecule has 12 heteroatoms. The predicted molar refractivity (Wildman–Crippen MR) is 118 cm³/mol. The Balaban J connectivity index is 1.70. The molecule has 2 heterocycles. The van der Waals surface area contributed by atoms with E-state index in [1.54, 1.807) is 0 Å². The van der Waals surface area contributed by atoms with Gasteiger partial charge in [0.15, 0.2) is 5.82 Å². The minimum Gasteiger partial charge on any atom is -0.495 e. The number of anilines is 1. The minimum absolute atomic E-state index is 0.0280. The summed E-state index contributed by atoms with van der Waals surface area (Å²) in [6.07, 6.45) is -1.52. The molecule has 9 nitrogen and oxygen atoms in total. The fourth-order valence-electron chi connectivity index (χ4n) is 4.32. The topological polar surface area (TPSA) is 132 Å². The third-order valence-corrected chi connectivity index (χ3v) is 5.94. The largest absolute Gasteiger partial charge is 0.495 e. The highest BCUT2D eigenvalue weighted by molar-refractivity contribution is 5.98. The molecule has 182 valence electrons. The van der Waals surface area contributed by atoms with Crippen molar-refractivity contribution >= 4 is 17.8 Å². The fourth-order valence-corrected chi connectivity index (χ4v) is 4.32. The van der Waals surface area contributed by atoms with Crippen molar-refractivity contribution < 1.29 is 32.6 Å². The number of hydrogen-bond acceptors (Lipinski definition) is 6. The number of ether oxygens (including phenoxy) is 1. The van der Waals surface area contributed by atoms with Crippen LogP contribution >= 0.6 is 0 Å². The molecule has 4 rings (SSSR count). The summed E-state index contributed by atoms with van der Waals surface area (Å²) in [5, 5.41) is 17.6. The number of pyridine rings is 1. The molecule has 1 fully saturated rings. The molecular formula is C23H20F3N5O4. The van der Waals surface area contributed by atoms with E-state index < -0.39 is 35.2 Å². The van der Waals surface area contributed by atoms with Gasteiger partial charge in [-0.2, -0.15) is 0 Å². The molecule has 2 aromatic heterocycles. The minimum atomic E-state index is -1.43. The summed E-state index contributed by atoms with van der Waals surface area (Å²) in [7, 11) is 1.23. The average molecular weight is 487 g/mol. The number of nitrogens with zero attached hydrogens (tertiary/aromatic N) is 4. The molecule has 0 spiro atoms. The number of methoxy groups -OCH3 is 1. The molecule has 3 N–H and O–H groups in total. The average Bonchev–Trinajstić information content (AvgIpc) is 2.81. The van der Waals surface area contributed by atoms with Crippen molar-refractivity contribution in [3.8, 4) is 17.0 Å². The van der Waals surface area contributed by atoms with E-state index in [-0.39, 0.29) is 53.5 Å². The number of aromatic nitrogens is 3. The number of hydrogen-bond donors (Lipinski definition) is 2. The van der Waals surface area contributed by atoms with Crippen LogP contribution in [-0.4, -0.2) is 52.1 Å². The smallest absolute Gasteiger partial charge is 0.413 e. The Bertz CT molecular complexity index is 1280. The standard InChI is InChI=1S/C23H20F3N5O4/c1-35-19-13(21(27)32)4-5-14(25)18(19)16-6-7-17(30-29-16)31(22(33)34)11-23(9-12(24)10-23)20-15(26)3-2-8-28-20/h2-8,12H,9-11H2,1H3,(H2,27,32)(H,33,34)/t12-,23+. The van der Waals surface area contributed by atoms with Gasteiger partial charge < -0.3 is 15.6 Å². The van der Waals surface area contributed by atoms with E-state index in [1.165, 1.54) is 43.6 Å². The molecule has 3 aromatic rings. The number of carbonyl (C=O) groups excluding carboxylic acids is 1. The van der Waals surface area contributed by atoms with Crippen LogP contribution in [0, 0.1) is 11.6 Å². The number of carbonyl (C=O) groups is 2. The van der Waals surface area contributed by atoms with Crippen LogP contribution in [0.5, 0.6) is 5.75 Å². The van der Waals surface area contributed by atoms with Gasteiger partial charge >= 0.3 is 6.09 Å². The summed E-state index contributed by atoms with van der Waals surface area (Å²) in [5.41, 5.74) is 3.80. The van der Waals surface area contributed by atoms with Crippen LogP contribution in [0.4, 0.5) is 23.8 Å². The van der Waals surface area contributed by atoms with Gasteiger partial charge in [-0.05, 0) is 49.2 Å². The molecule has 0 saturated heterocycles. The van der Waals surface area contributed by atoms with Crippen LogP contribution in [0.2, 0.25) is 0 Å². The third kappa shape index (κ3) is 4.34. The molecule has 0 aliphatic heterocycles. The first-order valence-corrected chi connectivity index (χ1v) is 10.4. The van der Waals surface area contributed by atoms with Gasteiger partial charge in [-0.25, -0.2) is 18.0 Å². The Morgan fingerprint density at radius 2 is 1.91 bits per heavy atom. The maximum absolute atomic E-state index is 14.6. The lowest BCUT2D eigenvalue weighted by molar-refractivity contribution is 0.0901. The summed E-state index contributed by atoms with van der Waals surface area (Å²) in [6, 6.07) is 7.31. The van der Waals surface area contributed by atoms with E-state index >= 15 is 0 Å². The van der Waals surface area contributed by atoms with E-state index in [0.29, 0.717) is 0 Å². The Morgan fingerprint density at radius 3 is 2.46 bits per heavy atom. The zero-order valence-corrected chi connectivity index (χ0v) is 18.4. The number of amides is 2. The highest BCUT2D eigenvalue weighted by Gasteiger charge is 2.50. The van der Waals surface area contributed by atoms with Gasteiger partial charge in [0.25, 0.3) is 5.91 Å². The Kier molecular flexibility index (Phi) is 6.29. The zero-order chi connectivity index (χ0) is 25.3. The van der Waals surface area contributed by atoms with Crippen molar-refractivity contribution in [3.63, 3.8) is 0 Å². The van der Waals surface area contributed by atoms with Gasteiger partial charge in [0.1, 0.15) is 23.6 Å². The van der Waals surface area contributed by atoms with Gasteiger partial charge in [0.05, 0.1) is 29.6 Å². The summed E-state index contributed by atoms with van der Waals surface area (Å²) >= 11 is 0. The Labute approximate surface area is 197 Å². The number of benzene rings is 1. The van der Waals surface area contributed by atoms with Crippen molar-refractivity contribution in [1.29, 1.82) is 0 Å². The first-order valence-electron chi connectivity index (χ1n) is 10.4. The van der Waals surface area contributed by atoms with Crippen molar-refractivity contribution in [2.24, 2.45) is 5.73 Å². The van der Waals surface area contributed by atoms with Crippen LogP contribution < -0.4 is 15.4 Å². The monoisotopic (exact) mass is 487 g/mol. The van der Waals surface area contributed by atoms with Gasteiger partial charge in [-0.15, -0.1) is 10.2 Å². The van der Waals surface area contributed by atoms with Crippen molar-refractivity contribution in [2.75, 3.05) is 18.6 Å². The lowest BCUT2D eigenvalue weighted by atomic mass is 9.64. The highest BCUT2D eigenvalue weighted by Crippen LogP contribution is 2.46. The summed E-state index contributed by atoms with van der Waals surface area (Å²) < 4.78 is 48.1. The maximum atomic E-state index is 14.6. The number of nitrogens with two attached hydrogens (primary N) is 1. The Hall–Kier alpha value is -4.22. The third-order valence-electron chi connectivity index (χ3n) is 5.94. The van der Waals surface area contributed by atoms with Crippen LogP contribution in [0.25, 0.3) is 11.3 Å². The van der Waals surface area contributed by atoms with E-state index in [2.05, 4.69) is 15.2 Å². The lowest BCUT2D eigenvalue weighted by Gasteiger charge is -2.45. The van der Waals surface area contributed by atoms with Crippen molar-refractivity contribution in [3.05, 3.63) is 65.5 Å². The van der Waals surface area contributed by atoms with Gasteiger partial charge in [-0.1, -0.05) is 0 Å². The predicted octanol–water partition coefficient (Wildman–Crippen LogP) is 3.48. The molecule has 1 aliphatic rings. The summed E-state index contributed by atoms with van der Waals surface area (Å²) in [6.45, 7) is -0.320. The number of halogens is 3. The number of rotatable bonds is 7. The molecule has 0 unspecified atom stereocenters. The first-order chi connectivity index (χ1) is 16.7. The van der Waals surface area contributed by atoms with Crippen LogP contribution in [0.15, 0.2) is 42.6 Å². The molecule has 0 radical (unpaired) electrons. The van der Waals surface area contributed by atoms with Gasteiger partial charge in [0, 0.05) is 18.2 Å². The number of alkyl halides is 1. The molecule has 35 heavy (non-hydrogen) atoms. The summed E-state index contributed by atoms with van der Waals surface area (Å²) in [4.78, 5) is 28.6. The second-order valence-corrected chi connectivity index (χ2v) is 8.13.